The van der Waals surface area contributed by atoms with Gasteiger partial charge in [-0.1, -0.05) is 24.3 Å². The molecule has 2 aromatic carbocycles. The fourth-order valence-electron chi connectivity index (χ4n) is 4.13. The molecule has 2 aliphatic rings. The molecule has 1 saturated heterocycles. The Morgan fingerprint density at radius 1 is 1.14 bits per heavy atom. The van der Waals surface area contributed by atoms with E-state index >= 15 is 0 Å². The van der Waals surface area contributed by atoms with Crippen LogP contribution in [-0.2, 0) is 17.5 Å². The van der Waals surface area contributed by atoms with Crippen molar-refractivity contribution in [2.45, 2.75) is 31.5 Å². The van der Waals surface area contributed by atoms with Crippen LogP contribution in [0, 0.1) is 0 Å². The Bertz CT molecular complexity index is 961. The standard InChI is InChI=1S/C22H21F3N2O2/c1-29-16-7-6-15-13-26-20(18(15)12-16)21(28)27-10-8-14(9-11-27)17-4-2-3-5-19(17)22(23,24)25/h2-7,12,14H,8-11,13H2,1H3. The van der Waals surface area contributed by atoms with Crippen molar-refractivity contribution in [1.29, 1.82) is 0 Å². The number of likely N-dealkylation sites (tertiary alicyclic amines) is 1. The zero-order valence-corrected chi connectivity index (χ0v) is 16.0. The van der Waals surface area contributed by atoms with Crippen LogP contribution in [0.1, 0.15) is 41.0 Å². The van der Waals surface area contributed by atoms with E-state index in [9.17, 15) is 18.0 Å². The molecule has 29 heavy (non-hydrogen) atoms. The summed E-state index contributed by atoms with van der Waals surface area (Å²) in [5.74, 6) is 0.281. The van der Waals surface area contributed by atoms with Gasteiger partial charge in [0.15, 0.2) is 0 Å². The third-order valence-electron chi connectivity index (χ3n) is 5.67. The van der Waals surface area contributed by atoms with Crippen molar-refractivity contribution in [3.05, 3.63) is 64.7 Å². The molecule has 1 amide bonds. The highest BCUT2D eigenvalue weighted by molar-refractivity contribution is 6.46. The summed E-state index contributed by atoms with van der Waals surface area (Å²) in [5, 5.41) is 0. The number of rotatable bonds is 3. The first-order valence-corrected chi connectivity index (χ1v) is 9.55. The van der Waals surface area contributed by atoms with Gasteiger partial charge in [0.05, 0.1) is 19.2 Å². The van der Waals surface area contributed by atoms with Crippen molar-refractivity contribution < 1.29 is 22.7 Å². The van der Waals surface area contributed by atoms with E-state index in [4.69, 9.17) is 4.74 Å². The first-order valence-electron chi connectivity index (χ1n) is 9.55. The number of piperidine rings is 1. The Hall–Kier alpha value is -2.83. The minimum atomic E-state index is -4.37. The molecule has 0 aliphatic carbocycles. The number of benzene rings is 2. The minimum Gasteiger partial charge on any atom is -0.497 e. The van der Waals surface area contributed by atoms with Crippen LogP contribution >= 0.6 is 0 Å². The number of halogens is 3. The van der Waals surface area contributed by atoms with E-state index in [-0.39, 0.29) is 11.8 Å². The van der Waals surface area contributed by atoms with Crippen molar-refractivity contribution >= 4 is 11.6 Å². The summed E-state index contributed by atoms with van der Waals surface area (Å²) in [7, 11) is 1.57. The highest BCUT2D eigenvalue weighted by Gasteiger charge is 2.36. The van der Waals surface area contributed by atoms with Gasteiger partial charge in [0.2, 0.25) is 0 Å². The molecule has 2 heterocycles. The molecule has 4 nitrogen and oxygen atoms in total. The second kappa shape index (κ2) is 7.54. The molecule has 4 rings (SSSR count). The first kappa shape index (κ1) is 19.5. The van der Waals surface area contributed by atoms with E-state index in [1.807, 2.05) is 18.2 Å². The van der Waals surface area contributed by atoms with Gasteiger partial charge in [-0.2, -0.15) is 13.2 Å². The lowest BCUT2D eigenvalue weighted by atomic mass is 9.86. The number of alkyl halides is 3. The van der Waals surface area contributed by atoms with Crippen molar-refractivity contribution in [3.63, 3.8) is 0 Å². The van der Waals surface area contributed by atoms with E-state index in [1.54, 1.807) is 24.1 Å². The third kappa shape index (κ3) is 3.73. The highest BCUT2D eigenvalue weighted by atomic mass is 19.4. The minimum absolute atomic E-state index is 0.167. The molecule has 7 heteroatoms. The molecule has 0 aromatic heterocycles. The number of aliphatic imine (C=N–C) groups is 1. The molecule has 0 bridgehead atoms. The fraction of sp³-hybridized carbons (Fsp3) is 0.364. The lowest BCUT2D eigenvalue weighted by Gasteiger charge is -2.33. The molecule has 2 aromatic rings. The maximum Gasteiger partial charge on any atom is 0.416 e. The molecule has 0 atom stereocenters. The van der Waals surface area contributed by atoms with Gasteiger partial charge in [-0.25, -0.2) is 0 Å². The SMILES string of the molecule is COc1ccc2c(c1)C(C(=O)N1CCC(c3ccccc3C(F)(F)F)CC1)=NC2. The largest absolute Gasteiger partial charge is 0.497 e. The molecule has 0 N–H and O–H groups in total. The Morgan fingerprint density at radius 2 is 1.86 bits per heavy atom. The maximum absolute atomic E-state index is 13.3. The van der Waals surface area contributed by atoms with Crippen molar-refractivity contribution in [2.75, 3.05) is 20.2 Å². The van der Waals surface area contributed by atoms with Crippen LogP contribution in [0.15, 0.2) is 47.5 Å². The number of hydrogen-bond donors (Lipinski definition) is 0. The second-order valence-corrected chi connectivity index (χ2v) is 7.34. The molecule has 0 saturated carbocycles. The van der Waals surface area contributed by atoms with Crippen LogP contribution in [0.4, 0.5) is 13.2 Å². The Kier molecular flexibility index (Phi) is 5.06. The van der Waals surface area contributed by atoms with Crippen LogP contribution < -0.4 is 4.74 Å². The third-order valence-corrected chi connectivity index (χ3v) is 5.67. The topological polar surface area (TPSA) is 41.9 Å². The predicted molar refractivity (Wildman–Crippen MR) is 103 cm³/mol. The van der Waals surface area contributed by atoms with Crippen molar-refractivity contribution in [3.8, 4) is 5.75 Å². The molecule has 0 spiro atoms. The quantitative estimate of drug-likeness (QED) is 0.763. The van der Waals surface area contributed by atoms with Crippen molar-refractivity contribution in [2.24, 2.45) is 4.99 Å². The van der Waals surface area contributed by atoms with Gasteiger partial charge in [-0.05, 0) is 48.1 Å². The van der Waals surface area contributed by atoms with Crippen LogP contribution in [0.25, 0.3) is 0 Å². The van der Waals surface area contributed by atoms with Gasteiger partial charge >= 0.3 is 6.18 Å². The number of amides is 1. The summed E-state index contributed by atoms with van der Waals surface area (Å²) in [6.45, 7) is 1.28. The van der Waals surface area contributed by atoms with Crippen molar-refractivity contribution in [1.82, 2.24) is 4.90 Å². The van der Waals surface area contributed by atoms with E-state index < -0.39 is 11.7 Å². The van der Waals surface area contributed by atoms with E-state index in [1.165, 1.54) is 6.07 Å². The zero-order valence-electron chi connectivity index (χ0n) is 16.0. The van der Waals surface area contributed by atoms with Crippen LogP contribution in [0.3, 0.4) is 0 Å². The zero-order chi connectivity index (χ0) is 20.6. The lowest BCUT2D eigenvalue weighted by Crippen LogP contribution is -2.42. The predicted octanol–water partition coefficient (Wildman–Crippen LogP) is 4.42. The number of carbonyl (C=O) groups excluding carboxylic acids is 1. The number of hydrogen-bond acceptors (Lipinski definition) is 3. The van der Waals surface area contributed by atoms with E-state index in [0.717, 1.165) is 17.2 Å². The summed E-state index contributed by atoms with van der Waals surface area (Å²) in [6.07, 6.45) is -3.38. The summed E-state index contributed by atoms with van der Waals surface area (Å²) in [4.78, 5) is 19.1. The Labute approximate surface area is 167 Å². The normalized spacial score (nSPS) is 17.1. The fourth-order valence-corrected chi connectivity index (χ4v) is 4.13. The summed E-state index contributed by atoms with van der Waals surface area (Å²) in [5.41, 5.74) is 1.90. The van der Waals surface area contributed by atoms with E-state index in [2.05, 4.69) is 4.99 Å². The molecule has 152 valence electrons. The molecular formula is C22H21F3N2O2. The maximum atomic E-state index is 13.3. The number of fused-ring (bicyclic) bond motifs is 1. The summed E-state index contributed by atoms with van der Waals surface area (Å²) < 4.78 is 45.2. The van der Waals surface area contributed by atoms with Crippen LogP contribution in [0.5, 0.6) is 5.75 Å². The monoisotopic (exact) mass is 402 g/mol. The van der Waals surface area contributed by atoms with Gasteiger partial charge in [0, 0.05) is 18.7 Å². The van der Waals surface area contributed by atoms with Gasteiger partial charge in [-0.3, -0.25) is 9.79 Å². The van der Waals surface area contributed by atoms with Gasteiger partial charge < -0.3 is 9.64 Å². The number of nitrogens with zero attached hydrogens (tertiary/aromatic N) is 2. The molecule has 0 unspecified atom stereocenters. The Balaban J connectivity index is 1.48. The summed E-state index contributed by atoms with van der Waals surface area (Å²) in [6, 6.07) is 11.3. The van der Waals surface area contributed by atoms with Gasteiger partial charge in [-0.15, -0.1) is 0 Å². The number of methoxy groups -OCH3 is 1. The second-order valence-electron chi connectivity index (χ2n) is 7.34. The number of carbonyl (C=O) groups is 1. The van der Waals surface area contributed by atoms with Gasteiger partial charge in [0.25, 0.3) is 5.91 Å². The van der Waals surface area contributed by atoms with Gasteiger partial charge in [0.1, 0.15) is 11.5 Å². The average molecular weight is 402 g/mol. The average Bonchev–Trinajstić information content (AvgIpc) is 3.16. The number of ether oxygens (including phenoxy) is 1. The first-order chi connectivity index (χ1) is 13.9. The molecule has 0 radical (unpaired) electrons. The highest BCUT2D eigenvalue weighted by Crippen LogP contribution is 2.38. The van der Waals surface area contributed by atoms with Crippen LogP contribution in [-0.4, -0.2) is 36.7 Å². The van der Waals surface area contributed by atoms with E-state index in [0.29, 0.717) is 49.5 Å². The molecule has 2 aliphatic heterocycles. The molecule has 1 fully saturated rings. The summed E-state index contributed by atoms with van der Waals surface area (Å²) >= 11 is 0. The lowest BCUT2D eigenvalue weighted by molar-refractivity contribution is -0.138. The Morgan fingerprint density at radius 3 is 2.55 bits per heavy atom. The molecular weight excluding hydrogens is 381 g/mol. The smallest absolute Gasteiger partial charge is 0.416 e. The van der Waals surface area contributed by atoms with Crippen LogP contribution in [0.2, 0.25) is 0 Å².